The summed E-state index contributed by atoms with van der Waals surface area (Å²) in [4.78, 5) is 1.21. The monoisotopic (exact) mass is 290 g/mol. The maximum absolute atomic E-state index is 10.2. The molecule has 1 aromatic heterocycles. The van der Waals surface area contributed by atoms with Crippen LogP contribution in [0.3, 0.4) is 0 Å². The topological polar surface area (TPSA) is 38.0 Å². The average Bonchev–Trinajstić information content (AvgIpc) is 2.76. The van der Waals surface area contributed by atoms with Gasteiger partial charge in [0.2, 0.25) is 0 Å². The van der Waals surface area contributed by atoms with Crippen molar-refractivity contribution < 1.29 is 5.11 Å². The second-order valence-electron chi connectivity index (χ2n) is 5.08. The molecule has 1 aromatic carbocycles. The minimum Gasteiger partial charge on any atom is -0.392 e. The Hall–Kier alpha value is -1.26. The van der Waals surface area contributed by atoms with Crippen LogP contribution < -0.4 is 0 Å². The Morgan fingerprint density at radius 1 is 1.30 bits per heavy atom. The third-order valence-corrected chi connectivity index (χ3v) is 4.30. The van der Waals surface area contributed by atoms with Gasteiger partial charge in [0, 0.05) is 29.3 Å². The molecule has 20 heavy (non-hydrogen) atoms. The average molecular weight is 290 g/mol. The Bertz CT molecular complexity index is 565. The Morgan fingerprint density at radius 2 is 2.10 bits per heavy atom. The van der Waals surface area contributed by atoms with Crippen molar-refractivity contribution in [3.8, 4) is 0 Å². The number of aryl methyl sites for hydroxylation is 3. The lowest BCUT2D eigenvalue weighted by molar-refractivity contribution is 0.197. The van der Waals surface area contributed by atoms with Gasteiger partial charge in [-0.1, -0.05) is 17.7 Å². The smallest absolute Gasteiger partial charge is 0.0689 e. The molecular weight excluding hydrogens is 268 g/mol. The van der Waals surface area contributed by atoms with Gasteiger partial charge in [-0.3, -0.25) is 4.68 Å². The van der Waals surface area contributed by atoms with E-state index in [2.05, 4.69) is 49.3 Å². The molecule has 0 saturated carbocycles. The molecule has 0 bridgehead atoms. The molecule has 0 aliphatic rings. The van der Waals surface area contributed by atoms with Crippen LogP contribution in [0.4, 0.5) is 0 Å². The summed E-state index contributed by atoms with van der Waals surface area (Å²) in [5.74, 6) is 0.706. The van der Waals surface area contributed by atoms with E-state index in [4.69, 9.17) is 0 Å². The van der Waals surface area contributed by atoms with Crippen molar-refractivity contribution in [2.24, 2.45) is 0 Å². The van der Waals surface area contributed by atoms with Gasteiger partial charge in [0.25, 0.3) is 0 Å². The third kappa shape index (κ3) is 4.12. The second-order valence-corrected chi connectivity index (χ2v) is 6.17. The molecule has 0 fully saturated rings. The molecule has 1 N–H and O–H groups in total. The number of hydrogen-bond donors (Lipinski definition) is 1. The van der Waals surface area contributed by atoms with E-state index in [0.717, 1.165) is 17.9 Å². The fourth-order valence-electron chi connectivity index (χ4n) is 2.24. The molecule has 108 valence electrons. The number of rotatable bonds is 6. The van der Waals surface area contributed by atoms with E-state index in [1.54, 1.807) is 11.8 Å². The first-order valence-corrected chi connectivity index (χ1v) is 7.98. The molecule has 2 rings (SSSR count). The first kappa shape index (κ1) is 15.1. The van der Waals surface area contributed by atoms with Gasteiger partial charge in [-0.25, -0.2) is 0 Å². The Balaban J connectivity index is 1.90. The second kappa shape index (κ2) is 6.95. The normalized spacial score (nSPS) is 12.6. The van der Waals surface area contributed by atoms with Crippen LogP contribution in [-0.4, -0.2) is 26.7 Å². The highest BCUT2D eigenvalue weighted by atomic mass is 32.2. The standard InChI is InChI=1S/C16H22N2OS/c1-4-18-14(9-13(3)17-18)10-15(19)11-20-16-7-5-6-12(2)8-16/h5-9,15,19H,4,10-11H2,1-3H3. The number of aliphatic hydroxyl groups excluding tert-OH is 1. The molecule has 0 aliphatic carbocycles. The van der Waals surface area contributed by atoms with Crippen LogP contribution >= 0.6 is 11.8 Å². The molecule has 4 heteroatoms. The van der Waals surface area contributed by atoms with Crippen molar-refractivity contribution in [2.45, 2.75) is 44.7 Å². The van der Waals surface area contributed by atoms with Gasteiger partial charge in [0.05, 0.1) is 11.8 Å². The van der Waals surface area contributed by atoms with E-state index < -0.39 is 0 Å². The molecule has 1 heterocycles. The van der Waals surface area contributed by atoms with E-state index in [9.17, 15) is 5.11 Å². The van der Waals surface area contributed by atoms with Gasteiger partial charge in [-0.2, -0.15) is 5.10 Å². The maximum Gasteiger partial charge on any atom is 0.0689 e. The lowest BCUT2D eigenvalue weighted by atomic mass is 10.2. The van der Waals surface area contributed by atoms with Gasteiger partial charge >= 0.3 is 0 Å². The van der Waals surface area contributed by atoms with E-state index in [0.29, 0.717) is 12.2 Å². The number of thioether (sulfide) groups is 1. The van der Waals surface area contributed by atoms with Crippen molar-refractivity contribution in [1.82, 2.24) is 9.78 Å². The molecule has 0 aliphatic heterocycles. The number of aliphatic hydroxyl groups is 1. The Labute approximate surface area is 125 Å². The Morgan fingerprint density at radius 3 is 2.80 bits per heavy atom. The van der Waals surface area contributed by atoms with Gasteiger partial charge in [0.15, 0.2) is 0 Å². The predicted octanol–water partition coefficient (Wildman–Crippen LogP) is 3.22. The highest BCUT2D eigenvalue weighted by Crippen LogP contribution is 2.21. The zero-order valence-corrected chi connectivity index (χ0v) is 13.2. The van der Waals surface area contributed by atoms with Crippen molar-refractivity contribution in [2.75, 3.05) is 5.75 Å². The molecule has 2 aromatic rings. The van der Waals surface area contributed by atoms with Crippen LogP contribution in [0, 0.1) is 13.8 Å². The quantitative estimate of drug-likeness (QED) is 0.830. The molecule has 0 spiro atoms. The zero-order valence-electron chi connectivity index (χ0n) is 12.3. The summed E-state index contributed by atoms with van der Waals surface area (Å²) in [6, 6.07) is 10.4. The highest BCUT2D eigenvalue weighted by molar-refractivity contribution is 7.99. The van der Waals surface area contributed by atoms with Gasteiger partial charge < -0.3 is 5.11 Å². The molecule has 1 unspecified atom stereocenters. The summed E-state index contributed by atoms with van der Waals surface area (Å²) < 4.78 is 1.97. The molecule has 0 amide bonds. The first-order valence-electron chi connectivity index (χ1n) is 6.99. The van der Waals surface area contributed by atoms with Crippen LogP contribution in [-0.2, 0) is 13.0 Å². The van der Waals surface area contributed by atoms with Crippen LogP contribution in [0.2, 0.25) is 0 Å². The van der Waals surface area contributed by atoms with Crippen LogP contribution in [0.15, 0.2) is 35.2 Å². The molecule has 0 saturated heterocycles. The van der Waals surface area contributed by atoms with E-state index in [1.807, 2.05) is 11.6 Å². The highest BCUT2D eigenvalue weighted by Gasteiger charge is 2.11. The lowest BCUT2D eigenvalue weighted by Gasteiger charge is -2.11. The SMILES string of the molecule is CCn1nc(C)cc1CC(O)CSc1cccc(C)c1. The number of aromatic nitrogens is 2. The Kier molecular flexibility index (Phi) is 5.26. The molecular formula is C16H22N2OS. The van der Waals surface area contributed by atoms with Crippen molar-refractivity contribution in [3.05, 3.63) is 47.3 Å². The summed E-state index contributed by atoms with van der Waals surface area (Å²) in [5.41, 5.74) is 3.38. The van der Waals surface area contributed by atoms with Crippen LogP contribution in [0.1, 0.15) is 23.9 Å². The summed E-state index contributed by atoms with van der Waals surface area (Å²) in [7, 11) is 0. The summed E-state index contributed by atoms with van der Waals surface area (Å²) in [6.07, 6.45) is 0.315. The summed E-state index contributed by atoms with van der Waals surface area (Å²) >= 11 is 1.70. The number of benzene rings is 1. The maximum atomic E-state index is 10.2. The summed E-state index contributed by atoms with van der Waals surface area (Å²) in [5, 5.41) is 14.6. The van der Waals surface area contributed by atoms with Gasteiger partial charge in [0.1, 0.15) is 0 Å². The fourth-order valence-corrected chi connectivity index (χ4v) is 3.18. The summed E-state index contributed by atoms with van der Waals surface area (Å²) in [6.45, 7) is 7.00. The molecule has 0 radical (unpaired) electrons. The minimum absolute atomic E-state index is 0.345. The largest absolute Gasteiger partial charge is 0.392 e. The van der Waals surface area contributed by atoms with Gasteiger partial charge in [-0.15, -0.1) is 11.8 Å². The predicted molar refractivity (Wildman–Crippen MR) is 84.3 cm³/mol. The van der Waals surface area contributed by atoms with Crippen LogP contribution in [0.5, 0.6) is 0 Å². The van der Waals surface area contributed by atoms with Crippen LogP contribution in [0.25, 0.3) is 0 Å². The molecule has 1 atom stereocenters. The fraction of sp³-hybridized carbons (Fsp3) is 0.438. The van der Waals surface area contributed by atoms with E-state index >= 15 is 0 Å². The van der Waals surface area contributed by atoms with E-state index in [-0.39, 0.29) is 6.10 Å². The van der Waals surface area contributed by atoms with Crippen molar-refractivity contribution >= 4 is 11.8 Å². The first-order chi connectivity index (χ1) is 9.58. The third-order valence-electron chi connectivity index (χ3n) is 3.16. The zero-order chi connectivity index (χ0) is 14.5. The van der Waals surface area contributed by atoms with E-state index in [1.165, 1.54) is 10.5 Å². The van der Waals surface area contributed by atoms with Crippen molar-refractivity contribution in [3.63, 3.8) is 0 Å². The number of hydrogen-bond acceptors (Lipinski definition) is 3. The number of nitrogens with zero attached hydrogens (tertiary/aromatic N) is 2. The molecule has 3 nitrogen and oxygen atoms in total. The minimum atomic E-state index is -0.345. The van der Waals surface area contributed by atoms with Gasteiger partial charge in [-0.05, 0) is 39.0 Å². The van der Waals surface area contributed by atoms with Crippen molar-refractivity contribution in [1.29, 1.82) is 0 Å². The lowest BCUT2D eigenvalue weighted by Crippen LogP contribution is -2.16.